The maximum Gasteiger partial charge on any atom is 0.0606 e. The second-order valence-corrected chi connectivity index (χ2v) is 6.49. The van der Waals surface area contributed by atoms with E-state index in [9.17, 15) is 0 Å². The van der Waals surface area contributed by atoms with E-state index < -0.39 is 0 Å². The number of rotatable bonds is 3. The standard InChI is InChI=1S/C21H22N4/c1-2-8-21-20(7-1)18(15-24-21)13-19-16-25(12-10-23-19)11-4-6-17-5-3-9-22-14-17/h1-3,5,7-9,14-15,19,23-24H,10-13,16H2. The quantitative estimate of drug-likeness (QED) is 0.725. The molecular weight excluding hydrogens is 308 g/mol. The Bertz CT molecular complexity index is 888. The van der Waals surface area contributed by atoms with E-state index in [0.717, 1.165) is 38.2 Å². The molecule has 0 saturated carbocycles. The molecule has 2 aromatic heterocycles. The predicted octanol–water partition coefficient (Wildman–Crippen LogP) is 2.43. The largest absolute Gasteiger partial charge is 0.361 e. The zero-order valence-corrected chi connectivity index (χ0v) is 14.2. The molecule has 1 aromatic carbocycles. The summed E-state index contributed by atoms with van der Waals surface area (Å²) in [4.78, 5) is 9.90. The average Bonchev–Trinajstić information content (AvgIpc) is 3.06. The Morgan fingerprint density at radius 2 is 2.16 bits per heavy atom. The van der Waals surface area contributed by atoms with Gasteiger partial charge in [-0.05, 0) is 30.2 Å². The number of fused-ring (bicyclic) bond motifs is 1. The van der Waals surface area contributed by atoms with Gasteiger partial charge in [0.2, 0.25) is 0 Å². The van der Waals surface area contributed by atoms with Crippen LogP contribution >= 0.6 is 0 Å². The molecule has 0 spiro atoms. The van der Waals surface area contributed by atoms with E-state index in [1.165, 1.54) is 16.5 Å². The summed E-state index contributed by atoms with van der Waals surface area (Å²) in [7, 11) is 0. The van der Waals surface area contributed by atoms with Crippen LogP contribution in [0.1, 0.15) is 11.1 Å². The number of aromatic nitrogens is 2. The molecule has 1 atom stereocenters. The van der Waals surface area contributed by atoms with Gasteiger partial charge in [-0.25, -0.2) is 0 Å². The number of hydrogen-bond acceptors (Lipinski definition) is 3. The number of nitrogens with one attached hydrogen (secondary N) is 2. The molecular formula is C21H22N4. The lowest BCUT2D eigenvalue weighted by molar-refractivity contribution is 0.220. The normalized spacial score (nSPS) is 18.0. The number of nitrogens with zero attached hydrogens (tertiary/aromatic N) is 2. The first kappa shape index (κ1) is 15.9. The molecule has 25 heavy (non-hydrogen) atoms. The molecule has 3 aromatic rings. The third-order valence-corrected chi connectivity index (χ3v) is 4.68. The van der Waals surface area contributed by atoms with E-state index in [1.807, 2.05) is 18.3 Å². The van der Waals surface area contributed by atoms with E-state index in [0.29, 0.717) is 6.04 Å². The van der Waals surface area contributed by atoms with Crippen molar-refractivity contribution in [2.45, 2.75) is 12.5 Å². The summed E-state index contributed by atoms with van der Waals surface area (Å²) in [5.41, 5.74) is 3.58. The van der Waals surface area contributed by atoms with Gasteiger partial charge < -0.3 is 10.3 Å². The second-order valence-electron chi connectivity index (χ2n) is 6.49. The summed E-state index contributed by atoms with van der Waals surface area (Å²) in [5.74, 6) is 6.48. The van der Waals surface area contributed by atoms with Gasteiger partial charge in [-0.15, -0.1) is 0 Å². The van der Waals surface area contributed by atoms with Gasteiger partial charge in [0.25, 0.3) is 0 Å². The van der Waals surface area contributed by atoms with Crippen molar-refractivity contribution in [3.63, 3.8) is 0 Å². The zero-order chi connectivity index (χ0) is 16.9. The molecule has 3 heterocycles. The van der Waals surface area contributed by atoms with Crippen molar-refractivity contribution >= 4 is 10.9 Å². The number of benzene rings is 1. The summed E-state index contributed by atoms with van der Waals surface area (Å²) in [6, 6.07) is 12.9. The molecule has 2 N–H and O–H groups in total. The summed E-state index contributed by atoms with van der Waals surface area (Å²) in [6.45, 7) is 3.90. The molecule has 0 radical (unpaired) electrons. The van der Waals surface area contributed by atoms with Crippen LogP contribution in [0, 0.1) is 11.8 Å². The lowest BCUT2D eigenvalue weighted by Crippen LogP contribution is -2.51. The van der Waals surface area contributed by atoms with Crippen molar-refractivity contribution in [1.82, 2.24) is 20.2 Å². The monoisotopic (exact) mass is 330 g/mol. The van der Waals surface area contributed by atoms with Crippen LogP contribution in [0.15, 0.2) is 55.0 Å². The first-order chi connectivity index (χ1) is 12.4. The van der Waals surface area contributed by atoms with Crippen molar-refractivity contribution in [3.8, 4) is 11.8 Å². The molecule has 1 fully saturated rings. The van der Waals surface area contributed by atoms with Crippen molar-refractivity contribution in [2.24, 2.45) is 0 Å². The van der Waals surface area contributed by atoms with E-state index in [2.05, 4.69) is 62.5 Å². The molecule has 0 bridgehead atoms. The molecule has 1 unspecified atom stereocenters. The highest BCUT2D eigenvalue weighted by Crippen LogP contribution is 2.19. The lowest BCUT2D eigenvalue weighted by Gasteiger charge is -2.32. The highest BCUT2D eigenvalue weighted by atomic mass is 15.2. The van der Waals surface area contributed by atoms with E-state index in [4.69, 9.17) is 0 Å². The number of hydrogen-bond donors (Lipinski definition) is 2. The summed E-state index contributed by atoms with van der Waals surface area (Å²) in [6.07, 6.45) is 6.77. The second kappa shape index (κ2) is 7.52. The predicted molar refractivity (Wildman–Crippen MR) is 101 cm³/mol. The van der Waals surface area contributed by atoms with Gasteiger partial charge in [0, 0.05) is 60.7 Å². The first-order valence-electron chi connectivity index (χ1n) is 8.78. The molecule has 1 aliphatic heterocycles. The molecule has 4 heteroatoms. The van der Waals surface area contributed by atoms with Gasteiger partial charge in [0.1, 0.15) is 0 Å². The van der Waals surface area contributed by atoms with Gasteiger partial charge >= 0.3 is 0 Å². The van der Waals surface area contributed by atoms with E-state index in [1.54, 1.807) is 6.20 Å². The topological polar surface area (TPSA) is 44.0 Å². The highest BCUT2D eigenvalue weighted by Gasteiger charge is 2.19. The van der Waals surface area contributed by atoms with Crippen LogP contribution in [0.3, 0.4) is 0 Å². The number of para-hydroxylation sites is 1. The van der Waals surface area contributed by atoms with Crippen LogP contribution in [-0.2, 0) is 6.42 Å². The Labute approximate surface area is 148 Å². The fraction of sp³-hybridized carbons (Fsp3) is 0.286. The molecule has 0 aliphatic carbocycles. The summed E-state index contributed by atoms with van der Waals surface area (Å²) >= 11 is 0. The van der Waals surface area contributed by atoms with Crippen molar-refractivity contribution in [3.05, 3.63) is 66.1 Å². The Hall–Kier alpha value is -2.61. The first-order valence-corrected chi connectivity index (χ1v) is 8.78. The zero-order valence-electron chi connectivity index (χ0n) is 14.2. The van der Waals surface area contributed by atoms with Gasteiger partial charge in [-0.2, -0.15) is 0 Å². The molecule has 1 saturated heterocycles. The van der Waals surface area contributed by atoms with Gasteiger partial charge in [0.05, 0.1) is 6.54 Å². The average molecular weight is 330 g/mol. The van der Waals surface area contributed by atoms with Crippen molar-refractivity contribution in [2.75, 3.05) is 26.2 Å². The third-order valence-electron chi connectivity index (χ3n) is 4.68. The number of H-pyrrole nitrogens is 1. The minimum absolute atomic E-state index is 0.466. The number of aromatic amines is 1. The van der Waals surface area contributed by atoms with Gasteiger partial charge in [-0.3, -0.25) is 9.88 Å². The smallest absolute Gasteiger partial charge is 0.0606 e. The fourth-order valence-electron chi connectivity index (χ4n) is 3.43. The maximum absolute atomic E-state index is 4.10. The Morgan fingerprint density at radius 1 is 1.20 bits per heavy atom. The maximum atomic E-state index is 4.10. The summed E-state index contributed by atoms with van der Waals surface area (Å²) < 4.78 is 0. The van der Waals surface area contributed by atoms with Gasteiger partial charge in [0.15, 0.2) is 0 Å². The van der Waals surface area contributed by atoms with E-state index in [-0.39, 0.29) is 0 Å². The molecule has 4 nitrogen and oxygen atoms in total. The summed E-state index contributed by atoms with van der Waals surface area (Å²) in [5, 5.41) is 4.98. The lowest BCUT2D eigenvalue weighted by atomic mass is 10.0. The van der Waals surface area contributed by atoms with Crippen LogP contribution in [0.4, 0.5) is 0 Å². The number of pyridine rings is 1. The number of piperazine rings is 1. The van der Waals surface area contributed by atoms with Crippen molar-refractivity contribution in [1.29, 1.82) is 0 Å². The van der Waals surface area contributed by atoms with Crippen LogP contribution in [0.25, 0.3) is 10.9 Å². The Balaban J connectivity index is 1.37. The van der Waals surface area contributed by atoms with Crippen LogP contribution in [0.2, 0.25) is 0 Å². The van der Waals surface area contributed by atoms with Crippen LogP contribution in [0.5, 0.6) is 0 Å². The van der Waals surface area contributed by atoms with E-state index >= 15 is 0 Å². The minimum Gasteiger partial charge on any atom is -0.361 e. The van der Waals surface area contributed by atoms with Crippen molar-refractivity contribution < 1.29 is 0 Å². The molecule has 1 aliphatic rings. The molecule has 4 rings (SSSR count). The van der Waals surface area contributed by atoms with Crippen LogP contribution < -0.4 is 5.32 Å². The molecule has 0 amide bonds. The highest BCUT2D eigenvalue weighted by molar-refractivity contribution is 5.83. The Kier molecular flexibility index (Phi) is 4.78. The van der Waals surface area contributed by atoms with Gasteiger partial charge in [-0.1, -0.05) is 30.0 Å². The third kappa shape index (κ3) is 3.90. The molecule has 126 valence electrons. The Morgan fingerprint density at radius 3 is 3.08 bits per heavy atom. The fourth-order valence-corrected chi connectivity index (χ4v) is 3.43. The SMILES string of the molecule is C(#Cc1cccnc1)CN1CCNC(Cc2c[nH]c3ccccc23)C1. The van der Waals surface area contributed by atoms with Crippen LogP contribution in [-0.4, -0.2) is 47.1 Å². The minimum atomic E-state index is 0.466.